The van der Waals surface area contributed by atoms with Crippen LogP contribution < -0.4 is 33.6 Å². The Morgan fingerprint density at radius 3 is 2.14 bits per heavy atom. The Labute approximate surface area is 249 Å². The first-order valence-electron chi connectivity index (χ1n) is 13.9. The highest BCUT2D eigenvalue weighted by Gasteiger charge is 2.35. The SMILES string of the molecule is N=C(N)c1ccc(CC(C(=O)N[C@H](C(=O)N[C@@H](CCCN=C(N)N)C(N)=O)c2ccccc2)C(=O)N2CCOCC2)cc1. The third-order valence-electron chi connectivity index (χ3n) is 6.93. The number of amidine groups is 1. The molecule has 4 amide bonds. The molecule has 0 radical (unpaired) electrons. The zero-order chi connectivity index (χ0) is 31.4. The summed E-state index contributed by atoms with van der Waals surface area (Å²) in [5.74, 6) is -3.88. The summed E-state index contributed by atoms with van der Waals surface area (Å²) in [5.41, 5.74) is 23.4. The molecule has 3 atom stereocenters. The van der Waals surface area contributed by atoms with Crippen molar-refractivity contribution >= 4 is 35.4 Å². The quantitative estimate of drug-likeness (QED) is 0.0610. The summed E-state index contributed by atoms with van der Waals surface area (Å²) in [5, 5.41) is 13.0. The third kappa shape index (κ3) is 9.81. The molecule has 1 aliphatic heterocycles. The number of nitrogens with zero attached hydrogens (tertiary/aromatic N) is 2. The van der Waals surface area contributed by atoms with Crippen molar-refractivity contribution in [2.75, 3.05) is 32.8 Å². The van der Waals surface area contributed by atoms with E-state index in [4.69, 9.17) is 33.1 Å². The second-order valence-electron chi connectivity index (χ2n) is 10.1. The van der Waals surface area contributed by atoms with E-state index in [1.54, 1.807) is 59.5 Å². The second kappa shape index (κ2) is 15.9. The zero-order valence-electron chi connectivity index (χ0n) is 23.8. The van der Waals surface area contributed by atoms with Gasteiger partial charge in [0, 0.05) is 25.2 Å². The van der Waals surface area contributed by atoms with Gasteiger partial charge >= 0.3 is 0 Å². The van der Waals surface area contributed by atoms with E-state index in [1.807, 2.05) is 0 Å². The van der Waals surface area contributed by atoms with Crippen molar-refractivity contribution in [3.05, 3.63) is 71.3 Å². The van der Waals surface area contributed by atoms with Gasteiger partial charge in [-0.15, -0.1) is 0 Å². The highest BCUT2D eigenvalue weighted by atomic mass is 16.5. The van der Waals surface area contributed by atoms with Gasteiger partial charge in [0.2, 0.25) is 23.6 Å². The number of rotatable bonds is 14. The Morgan fingerprint density at radius 1 is 0.907 bits per heavy atom. The molecule has 0 aromatic heterocycles. The van der Waals surface area contributed by atoms with Crippen LogP contribution in [0.25, 0.3) is 0 Å². The minimum atomic E-state index is -1.23. The van der Waals surface area contributed by atoms with E-state index in [1.165, 1.54) is 0 Å². The lowest BCUT2D eigenvalue weighted by Crippen LogP contribution is -2.52. The first kappa shape index (κ1) is 32.5. The van der Waals surface area contributed by atoms with Gasteiger partial charge in [0.1, 0.15) is 23.8 Å². The largest absolute Gasteiger partial charge is 0.384 e. The molecule has 3 rings (SSSR count). The summed E-state index contributed by atoms with van der Waals surface area (Å²) in [6.45, 7) is 1.59. The Balaban J connectivity index is 1.85. The maximum absolute atomic E-state index is 13.8. The number of amides is 4. The predicted molar refractivity (Wildman–Crippen MR) is 160 cm³/mol. The lowest BCUT2D eigenvalue weighted by atomic mass is 9.94. The molecular weight excluding hydrogens is 554 g/mol. The van der Waals surface area contributed by atoms with Crippen LogP contribution in [-0.2, 0) is 30.3 Å². The highest BCUT2D eigenvalue weighted by molar-refractivity contribution is 6.02. The van der Waals surface area contributed by atoms with Crippen molar-refractivity contribution in [3.8, 4) is 0 Å². The minimum absolute atomic E-state index is 0.0397. The molecule has 0 spiro atoms. The Hall–Kier alpha value is -4.98. The van der Waals surface area contributed by atoms with Crippen LogP contribution in [0, 0.1) is 11.3 Å². The molecule has 43 heavy (non-hydrogen) atoms. The molecule has 1 fully saturated rings. The van der Waals surface area contributed by atoms with Crippen molar-refractivity contribution < 1.29 is 23.9 Å². The summed E-state index contributed by atoms with van der Waals surface area (Å²) in [6, 6.07) is 12.9. The lowest BCUT2D eigenvalue weighted by molar-refractivity contribution is -0.146. The van der Waals surface area contributed by atoms with E-state index in [9.17, 15) is 19.2 Å². The van der Waals surface area contributed by atoms with Crippen LogP contribution in [0.3, 0.4) is 0 Å². The smallest absolute Gasteiger partial charge is 0.247 e. The average molecular weight is 594 g/mol. The second-order valence-corrected chi connectivity index (χ2v) is 10.1. The molecule has 14 nitrogen and oxygen atoms in total. The van der Waals surface area contributed by atoms with Crippen LogP contribution in [-0.4, -0.2) is 79.2 Å². The fourth-order valence-corrected chi connectivity index (χ4v) is 4.59. The van der Waals surface area contributed by atoms with Crippen LogP contribution >= 0.6 is 0 Å². The van der Waals surface area contributed by atoms with Gasteiger partial charge in [-0.1, -0.05) is 54.6 Å². The fourth-order valence-electron chi connectivity index (χ4n) is 4.59. The van der Waals surface area contributed by atoms with Crippen LogP contribution in [0.1, 0.15) is 35.6 Å². The number of carbonyl (C=O) groups excluding carboxylic acids is 4. The number of hydrogen-bond acceptors (Lipinski definition) is 7. The Kier molecular flexibility index (Phi) is 12.0. The number of nitrogens with one attached hydrogen (secondary N) is 3. The molecular formula is C29H39N9O5. The van der Waals surface area contributed by atoms with Gasteiger partial charge in [-0.3, -0.25) is 29.6 Å². The van der Waals surface area contributed by atoms with Gasteiger partial charge in [-0.25, -0.2) is 0 Å². The van der Waals surface area contributed by atoms with Crippen molar-refractivity contribution in [3.63, 3.8) is 0 Å². The van der Waals surface area contributed by atoms with Crippen LogP contribution in [0.4, 0.5) is 0 Å². The van der Waals surface area contributed by atoms with Crippen LogP contribution in [0.2, 0.25) is 0 Å². The fraction of sp³-hybridized carbons (Fsp3) is 0.379. The number of guanidine groups is 1. The van der Waals surface area contributed by atoms with E-state index in [2.05, 4.69) is 15.6 Å². The highest BCUT2D eigenvalue weighted by Crippen LogP contribution is 2.19. The molecule has 0 saturated carbocycles. The molecule has 0 aliphatic carbocycles. The van der Waals surface area contributed by atoms with Gasteiger partial charge < -0.3 is 43.2 Å². The third-order valence-corrected chi connectivity index (χ3v) is 6.93. The zero-order valence-corrected chi connectivity index (χ0v) is 23.8. The standard InChI is InChI=1S/C29H39N9O5/c30-24(31)20-10-8-18(9-11-20)17-21(28(42)38-13-15-43-16-14-38)26(40)37-23(19-5-2-1-3-6-19)27(41)36-22(25(32)39)7-4-12-35-29(33)34/h1-3,5-6,8-11,21-23H,4,7,12-17H2,(H3,30,31)(H2,32,39)(H,36,41)(H,37,40)(H4,33,34,35)/t21?,22-,23-/m0/s1. The van der Waals surface area contributed by atoms with Crippen LogP contribution in [0.15, 0.2) is 59.6 Å². The first-order chi connectivity index (χ1) is 20.6. The van der Waals surface area contributed by atoms with Crippen molar-refractivity contribution in [2.45, 2.75) is 31.3 Å². The van der Waals surface area contributed by atoms with E-state index in [0.717, 1.165) is 0 Å². The molecule has 11 N–H and O–H groups in total. The Morgan fingerprint density at radius 2 is 1.56 bits per heavy atom. The Bertz CT molecular complexity index is 1310. The molecule has 2 aromatic carbocycles. The number of carbonyl (C=O) groups is 4. The number of aliphatic imine (C=N–C) groups is 1. The van der Waals surface area contributed by atoms with Gasteiger partial charge in [0.15, 0.2) is 5.96 Å². The number of ether oxygens (including phenoxy) is 1. The van der Waals surface area contributed by atoms with E-state index in [0.29, 0.717) is 49.4 Å². The van der Waals surface area contributed by atoms with Crippen LogP contribution in [0.5, 0.6) is 0 Å². The molecule has 1 saturated heterocycles. The number of primary amides is 1. The summed E-state index contributed by atoms with van der Waals surface area (Å²) in [4.78, 5) is 58.6. The topological polar surface area (TPSA) is 245 Å². The van der Waals surface area contributed by atoms with Crippen molar-refractivity contribution in [1.29, 1.82) is 5.41 Å². The van der Waals surface area contributed by atoms with Gasteiger partial charge in [0.05, 0.1) is 13.2 Å². The molecule has 230 valence electrons. The maximum Gasteiger partial charge on any atom is 0.247 e. The summed E-state index contributed by atoms with van der Waals surface area (Å²) in [6.07, 6.45) is 0.576. The number of hydrogen-bond donors (Lipinski definition) is 7. The van der Waals surface area contributed by atoms with E-state index in [-0.39, 0.29) is 31.2 Å². The van der Waals surface area contributed by atoms with Gasteiger partial charge in [-0.05, 0) is 30.4 Å². The van der Waals surface area contributed by atoms with Gasteiger partial charge in [-0.2, -0.15) is 0 Å². The number of nitrogen functional groups attached to an aromatic ring is 1. The molecule has 1 unspecified atom stereocenters. The lowest BCUT2D eigenvalue weighted by Gasteiger charge is -2.31. The molecule has 1 heterocycles. The normalized spacial score (nSPS) is 14.9. The molecule has 14 heteroatoms. The predicted octanol–water partition coefficient (Wildman–Crippen LogP) is -1.13. The van der Waals surface area contributed by atoms with E-state index >= 15 is 0 Å². The number of morpholine rings is 1. The number of nitrogens with two attached hydrogens (primary N) is 4. The first-order valence-corrected chi connectivity index (χ1v) is 13.9. The maximum atomic E-state index is 13.8. The van der Waals surface area contributed by atoms with Gasteiger partial charge in [0.25, 0.3) is 0 Å². The minimum Gasteiger partial charge on any atom is -0.384 e. The number of benzene rings is 2. The molecule has 1 aliphatic rings. The van der Waals surface area contributed by atoms with E-state index < -0.39 is 41.6 Å². The molecule has 0 bridgehead atoms. The monoisotopic (exact) mass is 593 g/mol. The molecule has 2 aromatic rings. The average Bonchev–Trinajstić information content (AvgIpc) is 3.00. The summed E-state index contributed by atoms with van der Waals surface area (Å²) < 4.78 is 5.36. The van der Waals surface area contributed by atoms with Crippen molar-refractivity contribution in [1.82, 2.24) is 15.5 Å². The van der Waals surface area contributed by atoms with Crippen molar-refractivity contribution in [2.24, 2.45) is 33.8 Å². The summed E-state index contributed by atoms with van der Waals surface area (Å²) in [7, 11) is 0. The summed E-state index contributed by atoms with van der Waals surface area (Å²) >= 11 is 0.